The molecule has 106 valence electrons. The van der Waals surface area contributed by atoms with E-state index in [1.165, 1.54) is 19.2 Å². The summed E-state index contributed by atoms with van der Waals surface area (Å²) in [4.78, 5) is 0.254. The quantitative estimate of drug-likeness (QED) is 0.916. The molecule has 2 N–H and O–H groups in total. The lowest BCUT2D eigenvalue weighted by Gasteiger charge is -2.12. The summed E-state index contributed by atoms with van der Waals surface area (Å²) in [7, 11) is -1.88. The van der Waals surface area contributed by atoms with Crippen molar-refractivity contribution in [2.24, 2.45) is 5.73 Å². The highest BCUT2D eigenvalue weighted by molar-refractivity contribution is 7.91. The number of hydrogen-bond donors (Lipinski definition) is 1. The Bertz CT molecular complexity index is 651. The van der Waals surface area contributed by atoms with Crippen LogP contribution in [0.3, 0.4) is 0 Å². The molecule has 0 bridgehead atoms. The van der Waals surface area contributed by atoms with Gasteiger partial charge in [0.15, 0.2) is 9.84 Å². The largest absolute Gasteiger partial charge is 0.497 e. The minimum Gasteiger partial charge on any atom is -0.497 e. The highest BCUT2D eigenvalue weighted by Crippen LogP contribution is 2.20. The minimum absolute atomic E-state index is 0.122. The van der Waals surface area contributed by atoms with Gasteiger partial charge in [-0.25, -0.2) is 8.42 Å². The van der Waals surface area contributed by atoms with Crippen LogP contribution in [-0.2, 0) is 9.84 Å². The molecule has 4 nitrogen and oxygen atoms in total. The minimum atomic E-state index is -3.41. The van der Waals surface area contributed by atoms with E-state index in [9.17, 15) is 8.42 Å². The lowest BCUT2D eigenvalue weighted by molar-refractivity contribution is 0.414. The molecule has 0 heterocycles. The first kappa shape index (κ1) is 14.6. The van der Waals surface area contributed by atoms with Gasteiger partial charge in [0.05, 0.1) is 17.8 Å². The molecule has 5 heteroatoms. The van der Waals surface area contributed by atoms with Gasteiger partial charge >= 0.3 is 0 Å². The second-order valence-corrected chi connectivity index (χ2v) is 6.51. The molecule has 2 aromatic rings. The molecule has 0 saturated carbocycles. The van der Waals surface area contributed by atoms with Crippen molar-refractivity contribution >= 4 is 9.84 Å². The summed E-state index contributed by atoms with van der Waals surface area (Å²) in [5.41, 5.74) is 6.78. The van der Waals surface area contributed by atoms with E-state index < -0.39 is 15.9 Å². The van der Waals surface area contributed by atoms with E-state index in [4.69, 9.17) is 10.5 Å². The van der Waals surface area contributed by atoms with E-state index in [2.05, 4.69) is 0 Å². The molecule has 0 radical (unpaired) electrons. The van der Waals surface area contributed by atoms with Crippen LogP contribution in [0.2, 0.25) is 0 Å². The highest BCUT2D eigenvalue weighted by atomic mass is 32.2. The van der Waals surface area contributed by atoms with Crippen molar-refractivity contribution in [3.8, 4) is 5.75 Å². The molecule has 0 amide bonds. The molecule has 0 fully saturated rings. The van der Waals surface area contributed by atoms with E-state index in [1.807, 2.05) is 30.3 Å². The van der Waals surface area contributed by atoms with Crippen LogP contribution in [0.5, 0.6) is 5.75 Å². The first-order valence-corrected chi connectivity index (χ1v) is 7.85. The van der Waals surface area contributed by atoms with Gasteiger partial charge in [0.2, 0.25) is 0 Å². The molecule has 0 aromatic heterocycles. The zero-order chi connectivity index (χ0) is 14.6. The Morgan fingerprint density at radius 3 is 2.20 bits per heavy atom. The zero-order valence-electron chi connectivity index (χ0n) is 11.2. The van der Waals surface area contributed by atoms with Gasteiger partial charge in [-0.1, -0.05) is 30.3 Å². The van der Waals surface area contributed by atoms with Crippen LogP contribution in [-0.4, -0.2) is 21.3 Å². The van der Waals surface area contributed by atoms with Crippen LogP contribution in [0.25, 0.3) is 0 Å². The van der Waals surface area contributed by atoms with Crippen LogP contribution in [0, 0.1) is 0 Å². The fraction of sp³-hybridized carbons (Fsp3) is 0.200. The summed E-state index contributed by atoms with van der Waals surface area (Å²) < 4.78 is 29.6. The number of benzene rings is 2. The van der Waals surface area contributed by atoms with Gasteiger partial charge < -0.3 is 10.5 Å². The molecule has 0 aliphatic heterocycles. The van der Waals surface area contributed by atoms with Crippen molar-refractivity contribution in [1.82, 2.24) is 0 Å². The number of methoxy groups -OCH3 is 1. The van der Waals surface area contributed by atoms with Crippen molar-refractivity contribution in [3.63, 3.8) is 0 Å². The third kappa shape index (κ3) is 3.37. The first-order chi connectivity index (χ1) is 9.53. The summed E-state index contributed by atoms with van der Waals surface area (Å²) in [6.07, 6.45) is 0. The summed E-state index contributed by atoms with van der Waals surface area (Å²) >= 11 is 0. The number of ether oxygens (including phenoxy) is 1. The van der Waals surface area contributed by atoms with Crippen LogP contribution in [0.4, 0.5) is 0 Å². The maximum atomic E-state index is 12.3. The average Bonchev–Trinajstić information content (AvgIpc) is 2.48. The van der Waals surface area contributed by atoms with Crippen LogP contribution in [0.1, 0.15) is 11.6 Å². The second kappa shape index (κ2) is 6.07. The number of sulfone groups is 1. The van der Waals surface area contributed by atoms with Crippen molar-refractivity contribution in [1.29, 1.82) is 0 Å². The topological polar surface area (TPSA) is 69.4 Å². The molecule has 20 heavy (non-hydrogen) atoms. The Morgan fingerprint density at radius 2 is 1.65 bits per heavy atom. The maximum absolute atomic E-state index is 12.3. The summed E-state index contributed by atoms with van der Waals surface area (Å²) in [6, 6.07) is 15.0. The fourth-order valence-corrected chi connectivity index (χ4v) is 3.32. The third-order valence-electron chi connectivity index (χ3n) is 3.05. The van der Waals surface area contributed by atoms with Gasteiger partial charge in [-0.2, -0.15) is 0 Å². The maximum Gasteiger partial charge on any atom is 0.180 e. The first-order valence-electron chi connectivity index (χ1n) is 6.20. The summed E-state index contributed by atoms with van der Waals surface area (Å²) in [6.45, 7) is 0. The number of nitrogens with two attached hydrogens (primary N) is 1. The molecule has 0 aliphatic carbocycles. The molecule has 0 aliphatic rings. The van der Waals surface area contributed by atoms with Gasteiger partial charge in [-0.3, -0.25) is 0 Å². The second-order valence-electron chi connectivity index (χ2n) is 4.47. The summed E-state index contributed by atoms with van der Waals surface area (Å²) in [5, 5.41) is 0. The molecule has 2 aromatic carbocycles. The summed E-state index contributed by atoms with van der Waals surface area (Å²) in [5.74, 6) is 0.500. The van der Waals surface area contributed by atoms with Crippen LogP contribution < -0.4 is 10.5 Å². The molecular weight excluding hydrogens is 274 g/mol. The Labute approximate surface area is 119 Å². The lowest BCUT2D eigenvalue weighted by atomic mass is 10.1. The average molecular weight is 291 g/mol. The van der Waals surface area contributed by atoms with Gasteiger partial charge in [0, 0.05) is 6.04 Å². The van der Waals surface area contributed by atoms with E-state index in [1.54, 1.807) is 12.1 Å². The van der Waals surface area contributed by atoms with Gasteiger partial charge in [-0.15, -0.1) is 0 Å². The third-order valence-corrected chi connectivity index (χ3v) is 4.83. The highest BCUT2D eigenvalue weighted by Gasteiger charge is 2.19. The Hall–Kier alpha value is -1.85. The molecular formula is C15H17NO3S. The van der Waals surface area contributed by atoms with E-state index in [-0.39, 0.29) is 10.6 Å². The van der Waals surface area contributed by atoms with Crippen molar-refractivity contribution in [3.05, 3.63) is 60.2 Å². The van der Waals surface area contributed by atoms with Crippen molar-refractivity contribution in [2.45, 2.75) is 10.9 Å². The molecule has 0 saturated heterocycles. The van der Waals surface area contributed by atoms with E-state index in [0.29, 0.717) is 5.75 Å². The Morgan fingerprint density at radius 1 is 1.05 bits per heavy atom. The van der Waals surface area contributed by atoms with Gasteiger partial charge in [0.25, 0.3) is 0 Å². The van der Waals surface area contributed by atoms with Crippen LogP contribution >= 0.6 is 0 Å². The van der Waals surface area contributed by atoms with E-state index >= 15 is 0 Å². The monoisotopic (exact) mass is 291 g/mol. The molecule has 1 unspecified atom stereocenters. The number of rotatable bonds is 5. The standard InChI is InChI=1S/C15H17NO3S/c1-19-13-7-9-14(10-8-13)20(17,18)11-15(16)12-5-3-2-4-6-12/h2-10,15H,11,16H2,1H3. The smallest absolute Gasteiger partial charge is 0.180 e. The van der Waals surface area contributed by atoms with Gasteiger partial charge in [-0.05, 0) is 29.8 Å². The predicted octanol–water partition coefficient (Wildman–Crippen LogP) is 2.17. The SMILES string of the molecule is COc1ccc(S(=O)(=O)CC(N)c2ccccc2)cc1. The number of hydrogen-bond acceptors (Lipinski definition) is 4. The van der Waals surface area contributed by atoms with Gasteiger partial charge in [0.1, 0.15) is 5.75 Å². The zero-order valence-corrected chi connectivity index (χ0v) is 12.0. The van der Waals surface area contributed by atoms with Crippen molar-refractivity contribution < 1.29 is 13.2 Å². The molecule has 2 rings (SSSR count). The normalized spacial score (nSPS) is 12.9. The van der Waals surface area contributed by atoms with E-state index in [0.717, 1.165) is 5.56 Å². The van der Waals surface area contributed by atoms with Crippen molar-refractivity contribution in [2.75, 3.05) is 12.9 Å². The molecule has 0 spiro atoms. The van der Waals surface area contributed by atoms with Crippen LogP contribution in [0.15, 0.2) is 59.5 Å². The fourth-order valence-electron chi connectivity index (χ4n) is 1.91. The molecule has 1 atom stereocenters. The Kier molecular flexibility index (Phi) is 4.42. The lowest BCUT2D eigenvalue weighted by Crippen LogP contribution is -2.21. The predicted molar refractivity (Wildman–Crippen MR) is 78.4 cm³/mol. The Balaban J connectivity index is 2.18.